The molecule has 0 saturated carbocycles. The second-order valence-corrected chi connectivity index (χ2v) is 8.01. The van der Waals surface area contributed by atoms with Crippen molar-refractivity contribution >= 4 is 11.8 Å². The first-order valence-electron chi connectivity index (χ1n) is 10.6. The molecular weight excluding hydrogens is 422 g/mol. The Balaban J connectivity index is 1.72. The molecule has 0 aliphatic carbocycles. The molecule has 0 spiro atoms. The van der Waals surface area contributed by atoms with Gasteiger partial charge < -0.3 is 15.3 Å². The summed E-state index contributed by atoms with van der Waals surface area (Å²) in [5, 5.41) is 15.0. The molecule has 1 aromatic heterocycles. The summed E-state index contributed by atoms with van der Waals surface area (Å²) >= 11 is 0. The first-order valence-corrected chi connectivity index (χ1v) is 10.6. The maximum atomic E-state index is 14.1. The van der Waals surface area contributed by atoms with Gasteiger partial charge in [-0.3, -0.25) is 24.1 Å². The number of benzene rings is 1. The molecule has 32 heavy (non-hydrogen) atoms. The zero-order valence-corrected chi connectivity index (χ0v) is 17.8. The van der Waals surface area contributed by atoms with E-state index in [0.717, 1.165) is 25.3 Å². The van der Waals surface area contributed by atoms with Crippen molar-refractivity contribution in [2.75, 3.05) is 18.1 Å². The largest absolute Gasteiger partial charge is 0.502 e. The lowest BCUT2D eigenvalue weighted by molar-refractivity contribution is 0.0534. The van der Waals surface area contributed by atoms with E-state index in [1.165, 1.54) is 23.9 Å². The molecule has 0 bridgehead atoms. The van der Waals surface area contributed by atoms with Crippen molar-refractivity contribution in [3.05, 3.63) is 63.1 Å². The minimum atomic E-state index is -0.986. The first kappa shape index (κ1) is 21.8. The Labute approximate surface area is 183 Å². The van der Waals surface area contributed by atoms with Crippen LogP contribution in [0.4, 0.5) is 8.78 Å². The number of halogens is 2. The number of fused-ring (bicyclic) bond motifs is 3. The van der Waals surface area contributed by atoms with E-state index in [0.29, 0.717) is 19.2 Å². The van der Waals surface area contributed by atoms with Crippen LogP contribution in [-0.2, 0) is 0 Å². The fraction of sp³-hybridized carbons (Fsp3) is 0.409. The molecule has 10 heteroatoms. The summed E-state index contributed by atoms with van der Waals surface area (Å²) in [6.07, 6.45) is 3.54. The molecule has 0 radical (unpaired) electrons. The van der Waals surface area contributed by atoms with E-state index in [4.69, 9.17) is 0 Å². The Hall–Kier alpha value is -3.43. The average molecular weight is 446 g/mol. The molecule has 1 saturated heterocycles. The second-order valence-electron chi connectivity index (χ2n) is 8.01. The van der Waals surface area contributed by atoms with E-state index in [1.807, 2.05) is 11.9 Å². The Bertz CT molecular complexity index is 1150. The predicted octanol–water partition coefficient (Wildman–Crippen LogP) is 2.25. The minimum absolute atomic E-state index is 0.0480. The molecule has 1 aromatic carbocycles. The summed E-state index contributed by atoms with van der Waals surface area (Å²) in [4.78, 5) is 40.3. The van der Waals surface area contributed by atoms with E-state index in [-0.39, 0.29) is 23.0 Å². The Morgan fingerprint density at radius 3 is 2.72 bits per heavy atom. The van der Waals surface area contributed by atoms with Crippen molar-refractivity contribution in [3.63, 3.8) is 0 Å². The summed E-state index contributed by atoms with van der Waals surface area (Å²) < 4.78 is 28.7. The highest BCUT2D eigenvalue weighted by molar-refractivity contribution is 5.99. The number of aromatic nitrogens is 1. The Kier molecular flexibility index (Phi) is 5.62. The lowest BCUT2D eigenvalue weighted by atomic mass is 10.0. The number of aromatic hydroxyl groups is 1. The Morgan fingerprint density at radius 1 is 1.28 bits per heavy atom. The van der Waals surface area contributed by atoms with Crippen LogP contribution in [0.25, 0.3) is 0 Å². The monoisotopic (exact) mass is 446 g/mol. The Morgan fingerprint density at radius 2 is 2.03 bits per heavy atom. The van der Waals surface area contributed by atoms with Gasteiger partial charge >= 0.3 is 0 Å². The number of amides is 2. The molecule has 2 atom stereocenters. The third-order valence-electron chi connectivity index (χ3n) is 6.07. The van der Waals surface area contributed by atoms with Crippen LogP contribution >= 0.6 is 0 Å². The van der Waals surface area contributed by atoms with Crippen LogP contribution in [0.2, 0.25) is 0 Å². The first-order chi connectivity index (χ1) is 15.2. The smallest absolute Gasteiger partial charge is 0.278 e. The lowest BCUT2D eigenvalue weighted by Gasteiger charge is -2.48. The fourth-order valence-electron chi connectivity index (χ4n) is 4.45. The van der Waals surface area contributed by atoms with Gasteiger partial charge in [-0.05, 0) is 39.2 Å². The van der Waals surface area contributed by atoms with E-state index >= 15 is 0 Å². The third kappa shape index (κ3) is 3.49. The van der Waals surface area contributed by atoms with Crippen molar-refractivity contribution in [2.24, 2.45) is 0 Å². The van der Waals surface area contributed by atoms with Gasteiger partial charge in [-0.2, -0.15) is 0 Å². The molecule has 0 unspecified atom stereocenters. The number of pyridine rings is 1. The van der Waals surface area contributed by atoms with Crippen LogP contribution in [0.1, 0.15) is 65.6 Å². The lowest BCUT2D eigenvalue weighted by Crippen LogP contribution is -2.63. The highest BCUT2D eigenvalue weighted by Crippen LogP contribution is 2.29. The summed E-state index contributed by atoms with van der Waals surface area (Å²) in [5.41, 5.74) is -1.49. The molecule has 2 N–H and O–H groups in total. The number of rotatable bonds is 4. The van der Waals surface area contributed by atoms with Crippen molar-refractivity contribution < 1.29 is 23.5 Å². The number of carbonyl (C=O) groups is 2. The van der Waals surface area contributed by atoms with Crippen molar-refractivity contribution in [1.29, 1.82) is 0 Å². The molecular formula is C22H24F2N4O4. The van der Waals surface area contributed by atoms with Crippen molar-refractivity contribution in [3.8, 4) is 5.75 Å². The van der Waals surface area contributed by atoms with Crippen LogP contribution in [0.5, 0.6) is 5.75 Å². The third-order valence-corrected chi connectivity index (χ3v) is 6.07. The van der Waals surface area contributed by atoms with Gasteiger partial charge in [-0.1, -0.05) is 6.07 Å². The number of carbonyl (C=O) groups excluding carboxylic acids is 2. The van der Waals surface area contributed by atoms with Gasteiger partial charge in [0.15, 0.2) is 11.4 Å². The second kappa shape index (κ2) is 8.25. The van der Waals surface area contributed by atoms with Crippen LogP contribution in [-0.4, -0.2) is 45.8 Å². The molecule has 2 aliphatic rings. The van der Waals surface area contributed by atoms with E-state index in [2.05, 4.69) is 5.32 Å². The quantitative estimate of drug-likeness (QED) is 0.751. The zero-order valence-electron chi connectivity index (χ0n) is 17.8. The molecule has 2 aliphatic heterocycles. The van der Waals surface area contributed by atoms with Crippen LogP contribution in [0.15, 0.2) is 29.2 Å². The van der Waals surface area contributed by atoms with Gasteiger partial charge in [-0.25, -0.2) is 8.78 Å². The SMILES string of the molecule is CCN1C(=O)c2c(O)c(=O)c(C(=O)N[C@@H](C)c3ccc(F)cc3F)cn2N2CCCC[C@@H]12. The highest BCUT2D eigenvalue weighted by atomic mass is 19.1. The van der Waals surface area contributed by atoms with E-state index in [9.17, 15) is 28.3 Å². The molecule has 1 fully saturated rings. The molecule has 4 rings (SSSR count). The number of piperidine rings is 1. The van der Waals surface area contributed by atoms with Crippen LogP contribution in [0, 0.1) is 11.6 Å². The number of nitrogens with one attached hydrogen (secondary N) is 1. The number of hydrogen-bond acceptors (Lipinski definition) is 5. The van der Waals surface area contributed by atoms with Gasteiger partial charge in [0.2, 0.25) is 5.43 Å². The summed E-state index contributed by atoms with van der Waals surface area (Å²) in [7, 11) is 0. The fourth-order valence-corrected chi connectivity index (χ4v) is 4.45. The molecule has 3 heterocycles. The number of nitrogens with zero attached hydrogens (tertiary/aromatic N) is 3. The van der Waals surface area contributed by atoms with Crippen molar-refractivity contribution in [1.82, 2.24) is 14.9 Å². The van der Waals surface area contributed by atoms with Gasteiger partial charge in [0.05, 0.1) is 6.04 Å². The highest BCUT2D eigenvalue weighted by Gasteiger charge is 2.40. The molecule has 8 nitrogen and oxygen atoms in total. The van der Waals surface area contributed by atoms with Crippen LogP contribution < -0.4 is 15.8 Å². The maximum absolute atomic E-state index is 14.1. The average Bonchev–Trinajstić information content (AvgIpc) is 2.75. The number of hydrogen-bond donors (Lipinski definition) is 2. The minimum Gasteiger partial charge on any atom is -0.502 e. The molecule has 170 valence electrons. The van der Waals surface area contributed by atoms with Gasteiger partial charge in [-0.15, -0.1) is 0 Å². The topological polar surface area (TPSA) is 94.9 Å². The summed E-state index contributed by atoms with van der Waals surface area (Å²) in [6.45, 7) is 4.32. The maximum Gasteiger partial charge on any atom is 0.278 e. The van der Waals surface area contributed by atoms with E-state index in [1.54, 1.807) is 4.90 Å². The van der Waals surface area contributed by atoms with Gasteiger partial charge in [0, 0.05) is 30.9 Å². The molecule has 2 amide bonds. The van der Waals surface area contributed by atoms with Gasteiger partial charge in [0.1, 0.15) is 23.4 Å². The zero-order chi connectivity index (χ0) is 23.2. The molecule has 2 aromatic rings. The summed E-state index contributed by atoms with van der Waals surface area (Å²) in [6, 6.07) is 2.12. The van der Waals surface area contributed by atoms with Crippen LogP contribution in [0.3, 0.4) is 0 Å². The normalized spacial score (nSPS) is 18.8. The predicted molar refractivity (Wildman–Crippen MR) is 112 cm³/mol. The van der Waals surface area contributed by atoms with Gasteiger partial charge in [0.25, 0.3) is 11.8 Å². The summed E-state index contributed by atoms with van der Waals surface area (Å²) in [5.74, 6) is -3.69. The standard InChI is InChI=1S/C22H24F2N4O4/c1-3-26-17-6-4-5-9-27(17)28-11-15(19(29)20(30)18(28)22(26)32)21(31)25-12(2)14-8-7-13(23)10-16(14)24/h7-8,10-12,17,30H,3-6,9H2,1-2H3,(H,25,31)/t12-,17-/m0/s1. The van der Waals surface area contributed by atoms with E-state index < -0.39 is 40.7 Å². The van der Waals surface area contributed by atoms with Crippen molar-refractivity contribution in [2.45, 2.75) is 45.3 Å².